The molecule has 0 aromatic heterocycles. The van der Waals surface area contributed by atoms with Crippen molar-refractivity contribution >= 4 is 5.91 Å². The highest BCUT2D eigenvalue weighted by Crippen LogP contribution is 2.43. The second kappa shape index (κ2) is 7.88. The molecule has 1 aromatic carbocycles. The first-order valence-electron chi connectivity index (χ1n) is 10.8. The van der Waals surface area contributed by atoms with E-state index in [-0.39, 0.29) is 5.91 Å². The van der Waals surface area contributed by atoms with Gasteiger partial charge in [-0.1, -0.05) is 12.2 Å². The summed E-state index contributed by atoms with van der Waals surface area (Å²) in [5.74, 6) is 3.13. The van der Waals surface area contributed by atoms with Crippen LogP contribution in [0.3, 0.4) is 0 Å². The van der Waals surface area contributed by atoms with Crippen LogP contribution in [0.4, 0.5) is 0 Å². The van der Waals surface area contributed by atoms with Crippen molar-refractivity contribution in [2.75, 3.05) is 52.5 Å². The fourth-order valence-electron chi connectivity index (χ4n) is 5.25. The predicted octanol–water partition coefficient (Wildman–Crippen LogP) is 2.61. The number of nitrogens with zero attached hydrogens (tertiary/aromatic N) is 2. The highest BCUT2D eigenvalue weighted by atomic mass is 16.5. The standard InChI is InChI=1S/C23H30N2O3/c26-23(20-3-4-22-19(15-20)5-10-28-22)25(7-6-24-8-11-27-12-9-24)16-21-14-17-1-2-18(21)13-17/h1-4,15,17-18,21H,5-14,16H2/t17-,18+,21-/m1/s1. The molecule has 2 aliphatic heterocycles. The SMILES string of the molecule is O=C(c1ccc2c(c1)CCO2)N(CCN1CCOCC1)C[C@H]1C[C@@H]2C=C[C@H]1C2. The number of carbonyl (C=O) groups is 1. The molecule has 2 aliphatic carbocycles. The molecule has 4 aliphatic rings. The summed E-state index contributed by atoms with van der Waals surface area (Å²) in [7, 11) is 0. The van der Waals surface area contributed by atoms with Crippen molar-refractivity contribution in [3.8, 4) is 5.75 Å². The molecular weight excluding hydrogens is 352 g/mol. The molecule has 0 unspecified atom stereocenters. The molecule has 2 fully saturated rings. The third-order valence-corrected chi connectivity index (χ3v) is 6.88. The first kappa shape index (κ1) is 18.2. The van der Waals surface area contributed by atoms with Crippen LogP contribution in [0.2, 0.25) is 0 Å². The van der Waals surface area contributed by atoms with E-state index in [1.165, 1.54) is 18.4 Å². The molecule has 28 heavy (non-hydrogen) atoms. The number of morpholine rings is 1. The molecule has 5 nitrogen and oxygen atoms in total. The van der Waals surface area contributed by atoms with Crippen LogP contribution in [0.15, 0.2) is 30.4 Å². The lowest BCUT2D eigenvalue weighted by Crippen LogP contribution is -2.44. The average molecular weight is 383 g/mol. The number of fused-ring (bicyclic) bond motifs is 3. The van der Waals surface area contributed by atoms with Crippen LogP contribution in [0, 0.1) is 17.8 Å². The van der Waals surface area contributed by atoms with E-state index >= 15 is 0 Å². The molecule has 0 spiro atoms. The fraction of sp³-hybridized carbons (Fsp3) is 0.609. The van der Waals surface area contributed by atoms with Gasteiger partial charge in [-0.05, 0) is 54.4 Å². The second-order valence-corrected chi connectivity index (χ2v) is 8.67. The molecule has 3 atom stereocenters. The van der Waals surface area contributed by atoms with Gasteiger partial charge in [-0.25, -0.2) is 0 Å². The summed E-state index contributed by atoms with van der Waals surface area (Å²) < 4.78 is 11.1. The number of ether oxygens (including phenoxy) is 2. The Morgan fingerprint density at radius 3 is 2.82 bits per heavy atom. The van der Waals surface area contributed by atoms with Gasteiger partial charge in [-0.3, -0.25) is 9.69 Å². The molecule has 1 amide bonds. The van der Waals surface area contributed by atoms with Crippen LogP contribution in [-0.2, 0) is 11.2 Å². The molecular formula is C23H30N2O3. The predicted molar refractivity (Wildman–Crippen MR) is 108 cm³/mol. The number of hydrogen-bond acceptors (Lipinski definition) is 4. The van der Waals surface area contributed by atoms with Gasteiger partial charge >= 0.3 is 0 Å². The Balaban J connectivity index is 1.30. The van der Waals surface area contributed by atoms with E-state index in [1.807, 2.05) is 18.2 Å². The Labute approximate surface area is 167 Å². The van der Waals surface area contributed by atoms with Crippen LogP contribution in [0.1, 0.15) is 28.8 Å². The zero-order valence-corrected chi connectivity index (χ0v) is 16.5. The number of rotatable bonds is 6. The molecule has 0 N–H and O–H groups in total. The Hall–Kier alpha value is -1.85. The van der Waals surface area contributed by atoms with E-state index in [4.69, 9.17) is 9.47 Å². The molecule has 5 heteroatoms. The minimum atomic E-state index is 0.176. The first-order valence-corrected chi connectivity index (χ1v) is 10.8. The maximum Gasteiger partial charge on any atom is 0.253 e. The number of carbonyl (C=O) groups excluding carboxylic acids is 1. The van der Waals surface area contributed by atoms with Gasteiger partial charge in [0.25, 0.3) is 5.91 Å². The van der Waals surface area contributed by atoms with Crippen molar-refractivity contribution in [2.24, 2.45) is 17.8 Å². The Morgan fingerprint density at radius 2 is 2.04 bits per heavy atom. The molecule has 1 saturated carbocycles. The Morgan fingerprint density at radius 1 is 1.14 bits per heavy atom. The van der Waals surface area contributed by atoms with Crippen LogP contribution >= 0.6 is 0 Å². The highest BCUT2D eigenvalue weighted by Gasteiger charge is 2.37. The maximum absolute atomic E-state index is 13.4. The van der Waals surface area contributed by atoms with E-state index in [0.717, 1.165) is 76.2 Å². The van der Waals surface area contributed by atoms with E-state index in [0.29, 0.717) is 11.8 Å². The van der Waals surface area contributed by atoms with Gasteiger partial charge in [0.2, 0.25) is 0 Å². The summed E-state index contributed by atoms with van der Waals surface area (Å²) in [4.78, 5) is 18.0. The van der Waals surface area contributed by atoms with Gasteiger partial charge in [-0.2, -0.15) is 0 Å². The lowest BCUT2D eigenvalue weighted by Gasteiger charge is -2.32. The molecule has 5 rings (SSSR count). The first-order chi connectivity index (χ1) is 13.8. The normalized spacial score (nSPS) is 28.4. The summed E-state index contributed by atoms with van der Waals surface area (Å²) >= 11 is 0. The summed E-state index contributed by atoms with van der Waals surface area (Å²) in [6.07, 6.45) is 8.19. The monoisotopic (exact) mass is 382 g/mol. The maximum atomic E-state index is 13.4. The third kappa shape index (κ3) is 3.70. The zero-order chi connectivity index (χ0) is 18.9. The summed E-state index contributed by atoms with van der Waals surface area (Å²) in [6.45, 7) is 6.87. The Kier molecular flexibility index (Phi) is 5.12. The zero-order valence-electron chi connectivity index (χ0n) is 16.5. The summed E-state index contributed by atoms with van der Waals surface area (Å²) in [6, 6.07) is 5.96. The van der Waals surface area contributed by atoms with Gasteiger partial charge in [0.15, 0.2) is 0 Å². The summed E-state index contributed by atoms with van der Waals surface area (Å²) in [5.41, 5.74) is 1.98. The second-order valence-electron chi connectivity index (χ2n) is 8.67. The molecule has 1 aromatic rings. The van der Waals surface area contributed by atoms with Crippen molar-refractivity contribution in [2.45, 2.75) is 19.3 Å². The minimum Gasteiger partial charge on any atom is -0.493 e. The molecule has 1 saturated heterocycles. The summed E-state index contributed by atoms with van der Waals surface area (Å²) in [5, 5.41) is 0. The van der Waals surface area contributed by atoms with Crippen molar-refractivity contribution in [1.29, 1.82) is 0 Å². The fourth-order valence-corrected chi connectivity index (χ4v) is 5.25. The minimum absolute atomic E-state index is 0.176. The number of allylic oxidation sites excluding steroid dienone is 2. The van der Waals surface area contributed by atoms with Crippen molar-refractivity contribution in [1.82, 2.24) is 9.80 Å². The third-order valence-electron chi connectivity index (χ3n) is 6.88. The molecule has 2 heterocycles. The number of benzene rings is 1. The largest absolute Gasteiger partial charge is 0.493 e. The van der Waals surface area contributed by atoms with Crippen LogP contribution in [-0.4, -0.2) is 68.3 Å². The average Bonchev–Trinajstić information content (AvgIpc) is 3.47. The smallest absolute Gasteiger partial charge is 0.253 e. The lowest BCUT2D eigenvalue weighted by molar-refractivity contribution is 0.0313. The van der Waals surface area contributed by atoms with Gasteiger partial charge in [0.05, 0.1) is 19.8 Å². The van der Waals surface area contributed by atoms with Gasteiger partial charge < -0.3 is 14.4 Å². The number of hydrogen-bond donors (Lipinski definition) is 0. The van der Waals surface area contributed by atoms with Gasteiger partial charge in [0, 0.05) is 44.7 Å². The molecule has 2 bridgehead atoms. The van der Waals surface area contributed by atoms with Gasteiger partial charge in [0.1, 0.15) is 5.75 Å². The molecule has 0 radical (unpaired) electrons. The van der Waals surface area contributed by atoms with E-state index in [9.17, 15) is 4.79 Å². The van der Waals surface area contributed by atoms with Crippen molar-refractivity contribution < 1.29 is 14.3 Å². The van der Waals surface area contributed by atoms with Gasteiger partial charge in [-0.15, -0.1) is 0 Å². The van der Waals surface area contributed by atoms with E-state index < -0.39 is 0 Å². The van der Waals surface area contributed by atoms with Crippen LogP contribution in [0.25, 0.3) is 0 Å². The van der Waals surface area contributed by atoms with E-state index in [1.54, 1.807) is 0 Å². The van der Waals surface area contributed by atoms with E-state index in [2.05, 4.69) is 22.0 Å². The van der Waals surface area contributed by atoms with Crippen LogP contribution < -0.4 is 4.74 Å². The number of amides is 1. The van der Waals surface area contributed by atoms with Crippen molar-refractivity contribution in [3.05, 3.63) is 41.5 Å². The topological polar surface area (TPSA) is 42.0 Å². The van der Waals surface area contributed by atoms with Crippen LogP contribution in [0.5, 0.6) is 5.75 Å². The quantitative estimate of drug-likeness (QED) is 0.710. The molecule has 150 valence electrons. The lowest BCUT2D eigenvalue weighted by atomic mass is 9.93. The highest BCUT2D eigenvalue weighted by molar-refractivity contribution is 5.94. The van der Waals surface area contributed by atoms with Crippen molar-refractivity contribution in [3.63, 3.8) is 0 Å². The Bertz CT molecular complexity index is 756.